The van der Waals surface area contributed by atoms with Gasteiger partial charge in [-0.1, -0.05) is 19.6 Å². The molecule has 0 aromatic carbocycles. The van der Waals surface area contributed by atoms with Crippen molar-refractivity contribution in [1.82, 2.24) is 14.9 Å². The Morgan fingerprint density at radius 1 is 1.06 bits per heavy atom. The molecular weight excluding hydrogens is 407 g/mol. The van der Waals surface area contributed by atoms with Crippen molar-refractivity contribution in [2.45, 2.75) is 71.4 Å². The van der Waals surface area contributed by atoms with Crippen LogP contribution in [-0.2, 0) is 14.1 Å². The van der Waals surface area contributed by atoms with Gasteiger partial charge in [-0.05, 0) is 27.7 Å². The van der Waals surface area contributed by atoms with Gasteiger partial charge in [0.05, 0.1) is 11.2 Å². The second-order valence-electron chi connectivity index (χ2n) is 10.3. The average Bonchev–Trinajstić information content (AvgIpc) is 2.92. The Morgan fingerprint density at radius 3 is 2.13 bits per heavy atom. The van der Waals surface area contributed by atoms with Crippen molar-refractivity contribution in [3.63, 3.8) is 0 Å². The molecule has 0 aliphatic carbocycles. The summed E-state index contributed by atoms with van der Waals surface area (Å²) in [6.45, 7) is 17.6. The van der Waals surface area contributed by atoms with Crippen molar-refractivity contribution in [3.05, 3.63) is 12.4 Å². The van der Waals surface area contributed by atoms with Crippen LogP contribution in [0.1, 0.15) is 40.5 Å². The first kappa shape index (κ1) is 23.8. The Kier molecular flexibility index (Phi) is 6.84. The molecule has 2 aliphatic rings. The number of nitrogens with zero attached hydrogens (tertiary/aromatic N) is 4. The molecule has 0 spiro atoms. The molecule has 168 valence electrons. The molecule has 0 N–H and O–H groups in total. The van der Waals surface area contributed by atoms with Gasteiger partial charge in [-0.2, -0.15) is 0 Å². The van der Waals surface area contributed by atoms with Gasteiger partial charge < -0.3 is 19.1 Å². The summed E-state index contributed by atoms with van der Waals surface area (Å²) in [6, 6.07) is 0. The largest absolute Gasteiger partial charge is 0.498 e. The number of carbonyl (C=O) groups is 1. The van der Waals surface area contributed by atoms with Crippen molar-refractivity contribution in [2.24, 2.45) is 0 Å². The van der Waals surface area contributed by atoms with Gasteiger partial charge in [-0.15, -0.1) is 11.5 Å². The van der Waals surface area contributed by atoms with Crippen LogP contribution in [0.3, 0.4) is 0 Å². The van der Waals surface area contributed by atoms with Gasteiger partial charge in [0.2, 0.25) is 11.9 Å². The van der Waals surface area contributed by atoms with Gasteiger partial charge in [0.25, 0.3) is 0 Å². The lowest BCUT2D eigenvalue weighted by molar-refractivity contribution is -0.131. The van der Waals surface area contributed by atoms with E-state index in [9.17, 15) is 4.79 Å². The quantitative estimate of drug-likeness (QED) is 0.526. The van der Waals surface area contributed by atoms with E-state index >= 15 is 0 Å². The number of hydrogen-bond acceptors (Lipinski definition) is 6. The Labute approximate surface area is 188 Å². The fourth-order valence-corrected chi connectivity index (χ4v) is 4.06. The third-order valence-corrected chi connectivity index (χ3v) is 6.95. The molecule has 2 saturated heterocycles. The number of anilines is 1. The molecule has 1 amide bonds. The number of hydrogen-bond donors (Lipinski definition) is 0. The van der Waals surface area contributed by atoms with E-state index in [1.54, 1.807) is 12.4 Å². The fourth-order valence-electron chi connectivity index (χ4n) is 3.41. The standard InChI is InChI=1S/C22H35BN4O3Si/c1-21(2)22(3,4)30-23(29-21)18-16-24-20(25-17-18)27-13-11-26(12-14-27)19(28)10-8-9-15-31(5,6)7/h16-17H,8,10-14H2,1-7H3. The van der Waals surface area contributed by atoms with Gasteiger partial charge in [-0.25, -0.2) is 9.97 Å². The summed E-state index contributed by atoms with van der Waals surface area (Å²) in [5.74, 6) is 4.04. The number of rotatable bonds is 4. The van der Waals surface area contributed by atoms with Crippen LogP contribution in [0.15, 0.2) is 12.4 Å². The summed E-state index contributed by atoms with van der Waals surface area (Å²) in [4.78, 5) is 25.6. The molecule has 1 aromatic heterocycles. The Hall–Kier alpha value is -1.89. The van der Waals surface area contributed by atoms with Crippen molar-refractivity contribution in [1.29, 1.82) is 0 Å². The molecule has 2 fully saturated rings. The van der Waals surface area contributed by atoms with Crippen molar-refractivity contribution >= 4 is 32.5 Å². The lowest BCUT2D eigenvalue weighted by Crippen LogP contribution is -2.49. The first-order chi connectivity index (χ1) is 14.4. The fraction of sp³-hybridized carbons (Fsp3) is 0.682. The number of aromatic nitrogens is 2. The molecule has 7 nitrogen and oxygen atoms in total. The molecule has 31 heavy (non-hydrogen) atoms. The normalized spacial score (nSPS) is 20.4. The molecule has 3 heterocycles. The predicted molar refractivity (Wildman–Crippen MR) is 127 cm³/mol. The highest BCUT2D eigenvalue weighted by Gasteiger charge is 2.52. The maximum atomic E-state index is 12.5. The Morgan fingerprint density at radius 2 is 1.61 bits per heavy atom. The topological polar surface area (TPSA) is 67.8 Å². The summed E-state index contributed by atoms with van der Waals surface area (Å²) < 4.78 is 12.1. The summed E-state index contributed by atoms with van der Waals surface area (Å²) in [5, 5.41) is 0. The van der Waals surface area contributed by atoms with Gasteiger partial charge in [0.15, 0.2) is 0 Å². The monoisotopic (exact) mass is 442 g/mol. The first-order valence-corrected chi connectivity index (χ1v) is 14.6. The van der Waals surface area contributed by atoms with Crippen LogP contribution in [-0.4, -0.2) is 73.3 Å². The van der Waals surface area contributed by atoms with Crippen LogP contribution < -0.4 is 10.4 Å². The highest BCUT2D eigenvalue weighted by molar-refractivity contribution is 6.83. The summed E-state index contributed by atoms with van der Waals surface area (Å²) >= 11 is 0. The van der Waals surface area contributed by atoms with Crippen LogP contribution in [0.25, 0.3) is 0 Å². The minimum Gasteiger partial charge on any atom is -0.399 e. The third-order valence-electron chi connectivity index (χ3n) is 6.03. The summed E-state index contributed by atoms with van der Waals surface area (Å²) in [6.07, 6.45) is 4.70. The number of carbonyl (C=O) groups excluding carboxylic acids is 1. The zero-order valence-corrected chi connectivity index (χ0v) is 21.0. The predicted octanol–water partition coefficient (Wildman–Crippen LogP) is 2.09. The Balaban J connectivity index is 1.50. The molecule has 9 heteroatoms. The van der Waals surface area contributed by atoms with E-state index in [4.69, 9.17) is 9.31 Å². The minimum absolute atomic E-state index is 0.182. The molecule has 0 radical (unpaired) electrons. The van der Waals surface area contributed by atoms with Gasteiger partial charge in [-0.3, -0.25) is 4.79 Å². The van der Waals surface area contributed by atoms with Crippen LogP contribution >= 0.6 is 0 Å². The van der Waals surface area contributed by atoms with Crippen LogP contribution in [0, 0.1) is 11.5 Å². The highest BCUT2D eigenvalue weighted by atomic mass is 28.3. The Bertz CT molecular complexity index is 834. The minimum atomic E-state index is -1.36. The van der Waals surface area contributed by atoms with Crippen LogP contribution in [0.2, 0.25) is 19.6 Å². The SMILES string of the molecule is CC1(C)OB(c2cnc(N3CCN(C(=O)CCC#C[Si](C)(C)C)CC3)nc2)OC1(C)C. The summed E-state index contributed by atoms with van der Waals surface area (Å²) in [7, 11) is -1.83. The van der Waals surface area contributed by atoms with E-state index in [0.29, 0.717) is 31.9 Å². The van der Waals surface area contributed by atoms with Crippen LogP contribution in [0.5, 0.6) is 0 Å². The first-order valence-electron chi connectivity index (χ1n) is 11.1. The molecule has 0 unspecified atom stereocenters. The van der Waals surface area contributed by atoms with E-state index in [1.165, 1.54) is 0 Å². The van der Waals surface area contributed by atoms with Crippen molar-refractivity contribution in [2.75, 3.05) is 31.1 Å². The van der Waals surface area contributed by atoms with E-state index in [2.05, 4.69) is 46.0 Å². The molecule has 1 aromatic rings. The lowest BCUT2D eigenvalue weighted by Gasteiger charge is -2.34. The molecular formula is C22H35BN4O3Si. The van der Waals surface area contributed by atoms with Crippen molar-refractivity contribution in [3.8, 4) is 11.5 Å². The molecule has 0 atom stereocenters. The van der Waals surface area contributed by atoms with Gasteiger partial charge >= 0.3 is 7.12 Å². The second-order valence-corrected chi connectivity index (χ2v) is 15.1. The third kappa shape index (κ3) is 5.88. The average molecular weight is 442 g/mol. The maximum Gasteiger partial charge on any atom is 0.498 e. The number of amides is 1. The molecule has 0 bridgehead atoms. The van der Waals surface area contributed by atoms with E-state index in [0.717, 1.165) is 18.6 Å². The summed E-state index contributed by atoms with van der Waals surface area (Å²) in [5.41, 5.74) is 3.35. The van der Waals surface area contributed by atoms with Gasteiger partial charge in [0.1, 0.15) is 8.07 Å². The zero-order valence-electron chi connectivity index (χ0n) is 20.0. The van der Waals surface area contributed by atoms with E-state index in [1.807, 2.05) is 32.6 Å². The van der Waals surface area contributed by atoms with E-state index in [-0.39, 0.29) is 17.1 Å². The van der Waals surface area contributed by atoms with Gasteiger partial charge in [0, 0.05) is 56.9 Å². The van der Waals surface area contributed by atoms with Crippen LogP contribution in [0.4, 0.5) is 5.95 Å². The van der Waals surface area contributed by atoms with Crippen molar-refractivity contribution < 1.29 is 14.1 Å². The lowest BCUT2D eigenvalue weighted by atomic mass is 9.81. The van der Waals surface area contributed by atoms with E-state index < -0.39 is 15.2 Å². The smallest absolute Gasteiger partial charge is 0.399 e. The maximum absolute atomic E-state index is 12.5. The molecule has 0 saturated carbocycles. The molecule has 2 aliphatic heterocycles. The highest BCUT2D eigenvalue weighted by Crippen LogP contribution is 2.36. The number of piperazine rings is 1. The molecule has 3 rings (SSSR count). The second kappa shape index (κ2) is 8.93. The zero-order chi connectivity index (χ0) is 22.9.